The second kappa shape index (κ2) is 6.37. The largest absolute Gasteiger partial charge is 0.462 e. The predicted octanol–water partition coefficient (Wildman–Crippen LogP) is 4.35. The predicted molar refractivity (Wildman–Crippen MR) is 55.9 cm³/mol. The van der Waals surface area contributed by atoms with E-state index < -0.39 is 49.4 Å². The van der Waals surface area contributed by atoms with Crippen molar-refractivity contribution in [3.63, 3.8) is 0 Å². The lowest BCUT2D eigenvalue weighted by atomic mass is 10.00. The summed E-state index contributed by atoms with van der Waals surface area (Å²) in [6.45, 7) is 3.44. The summed E-state index contributed by atoms with van der Waals surface area (Å²) < 4.78 is 116. The maximum absolute atomic E-state index is 13.0. The monoisotopic (exact) mass is 346 g/mol. The van der Waals surface area contributed by atoms with Crippen LogP contribution >= 0.6 is 0 Å². The first kappa shape index (κ1) is 20.6. The van der Waals surface area contributed by atoms with Crippen molar-refractivity contribution in [1.82, 2.24) is 0 Å². The molecule has 0 heterocycles. The van der Waals surface area contributed by atoms with Gasteiger partial charge in [0.15, 0.2) is 0 Å². The topological polar surface area (TPSA) is 26.3 Å². The molecule has 0 rings (SSSR count). The number of esters is 1. The summed E-state index contributed by atoms with van der Waals surface area (Å²) >= 11 is 0. The Bertz CT molecular complexity index is 426. The van der Waals surface area contributed by atoms with Gasteiger partial charge in [-0.15, -0.1) is 0 Å². The molecule has 0 aliphatic rings. The zero-order chi connectivity index (χ0) is 18.0. The van der Waals surface area contributed by atoms with Gasteiger partial charge < -0.3 is 4.74 Å². The number of hydrogen-bond acceptors (Lipinski definition) is 2. The second-order valence-electron chi connectivity index (χ2n) is 4.37. The number of halogens is 9. The standard InChI is InChI=1S/C11H11F9O2/c1-6(2)7(21)22-5-3-4-8(12,13)9(14,15)10(16,17)11(18,19)20/h1,3-5H2,2H3. The molecule has 0 aromatic rings. The second-order valence-corrected chi connectivity index (χ2v) is 4.37. The van der Waals surface area contributed by atoms with Gasteiger partial charge in [-0.25, -0.2) is 4.79 Å². The number of carbonyl (C=O) groups excluding carboxylic acids is 1. The molecule has 0 aromatic heterocycles. The molecule has 0 spiro atoms. The van der Waals surface area contributed by atoms with Crippen molar-refractivity contribution in [2.45, 2.75) is 43.7 Å². The summed E-state index contributed by atoms with van der Waals surface area (Å²) in [5.41, 5.74) is -0.138. The first-order chi connectivity index (χ1) is 9.58. The van der Waals surface area contributed by atoms with E-state index in [1.54, 1.807) is 0 Å². The molecule has 0 saturated heterocycles. The molecule has 0 aromatic carbocycles. The lowest BCUT2D eigenvalue weighted by molar-refractivity contribution is -0.396. The Morgan fingerprint density at radius 3 is 1.77 bits per heavy atom. The first-order valence-electron chi connectivity index (χ1n) is 5.60. The fraction of sp³-hybridized carbons (Fsp3) is 0.727. The normalized spacial score (nSPS) is 13.9. The van der Waals surface area contributed by atoms with Gasteiger partial charge in [-0.2, -0.15) is 39.5 Å². The van der Waals surface area contributed by atoms with Gasteiger partial charge >= 0.3 is 29.9 Å². The summed E-state index contributed by atoms with van der Waals surface area (Å²) in [5, 5.41) is 0. The maximum Gasteiger partial charge on any atom is 0.460 e. The van der Waals surface area contributed by atoms with Crippen molar-refractivity contribution in [3.05, 3.63) is 12.2 Å². The van der Waals surface area contributed by atoms with Crippen LogP contribution in [0.2, 0.25) is 0 Å². The molecule has 0 aliphatic heterocycles. The fourth-order valence-electron chi connectivity index (χ4n) is 1.15. The fourth-order valence-corrected chi connectivity index (χ4v) is 1.15. The van der Waals surface area contributed by atoms with Crippen molar-refractivity contribution < 1.29 is 49.0 Å². The molecule has 0 unspecified atom stereocenters. The van der Waals surface area contributed by atoms with Crippen molar-refractivity contribution >= 4 is 5.97 Å². The molecule has 22 heavy (non-hydrogen) atoms. The smallest absolute Gasteiger partial charge is 0.460 e. The minimum atomic E-state index is -6.90. The SMILES string of the molecule is C=C(C)C(=O)OCCCC(F)(F)C(F)(F)C(F)(F)C(F)(F)F. The van der Waals surface area contributed by atoms with Crippen LogP contribution in [0, 0.1) is 0 Å². The minimum Gasteiger partial charge on any atom is -0.462 e. The quantitative estimate of drug-likeness (QED) is 0.296. The lowest BCUT2D eigenvalue weighted by Crippen LogP contribution is -2.60. The summed E-state index contributed by atoms with van der Waals surface area (Å²) in [4.78, 5) is 10.8. The Balaban J connectivity index is 4.86. The number of hydrogen-bond donors (Lipinski definition) is 0. The van der Waals surface area contributed by atoms with Crippen molar-refractivity contribution in [2.24, 2.45) is 0 Å². The van der Waals surface area contributed by atoms with E-state index in [1.165, 1.54) is 6.92 Å². The highest BCUT2D eigenvalue weighted by molar-refractivity contribution is 5.86. The van der Waals surface area contributed by atoms with Crippen molar-refractivity contribution in [2.75, 3.05) is 6.61 Å². The van der Waals surface area contributed by atoms with E-state index >= 15 is 0 Å². The van der Waals surface area contributed by atoms with E-state index in [1.807, 2.05) is 0 Å². The van der Waals surface area contributed by atoms with Crippen LogP contribution in [0.25, 0.3) is 0 Å². The van der Waals surface area contributed by atoms with Gasteiger partial charge in [-0.1, -0.05) is 6.58 Å². The Kier molecular flexibility index (Phi) is 5.96. The van der Waals surface area contributed by atoms with Crippen LogP contribution < -0.4 is 0 Å². The van der Waals surface area contributed by atoms with E-state index in [2.05, 4.69) is 11.3 Å². The number of rotatable bonds is 7. The number of alkyl halides is 9. The highest BCUT2D eigenvalue weighted by Gasteiger charge is 2.81. The molecule has 0 saturated carbocycles. The van der Waals surface area contributed by atoms with E-state index in [9.17, 15) is 44.3 Å². The number of carbonyl (C=O) groups is 1. The molecule has 0 radical (unpaired) electrons. The molecule has 0 aliphatic carbocycles. The molecule has 0 fully saturated rings. The third-order valence-corrected chi connectivity index (χ3v) is 2.43. The van der Waals surface area contributed by atoms with E-state index in [0.29, 0.717) is 0 Å². The van der Waals surface area contributed by atoms with Gasteiger partial charge in [0, 0.05) is 12.0 Å². The molecular weight excluding hydrogens is 335 g/mol. The van der Waals surface area contributed by atoms with Gasteiger partial charge in [0.2, 0.25) is 0 Å². The molecule has 0 N–H and O–H groups in total. The first-order valence-corrected chi connectivity index (χ1v) is 5.60. The summed E-state index contributed by atoms with van der Waals surface area (Å²) in [6, 6.07) is 0. The van der Waals surface area contributed by atoms with Gasteiger partial charge in [0.1, 0.15) is 0 Å². The van der Waals surface area contributed by atoms with Gasteiger partial charge in [0.25, 0.3) is 0 Å². The third kappa shape index (κ3) is 4.07. The third-order valence-electron chi connectivity index (χ3n) is 2.43. The van der Waals surface area contributed by atoms with E-state index in [4.69, 9.17) is 0 Å². The maximum atomic E-state index is 13.0. The Labute approximate surface area is 118 Å². The molecule has 0 amide bonds. The molecule has 0 bridgehead atoms. The van der Waals surface area contributed by atoms with Crippen LogP contribution in [0.5, 0.6) is 0 Å². The van der Waals surface area contributed by atoms with Gasteiger partial charge in [-0.3, -0.25) is 0 Å². The Hall–Kier alpha value is -1.42. The van der Waals surface area contributed by atoms with Crippen molar-refractivity contribution in [3.8, 4) is 0 Å². The summed E-state index contributed by atoms with van der Waals surface area (Å²) in [5.74, 6) is -20.2. The summed E-state index contributed by atoms with van der Waals surface area (Å²) in [7, 11) is 0. The highest BCUT2D eigenvalue weighted by atomic mass is 19.4. The van der Waals surface area contributed by atoms with Crippen LogP contribution in [-0.2, 0) is 9.53 Å². The molecule has 2 nitrogen and oxygen atoms in total. The van der Waals surface area contributed by atoms with E-state index in [0.717, 1.165) is 0 Å². The lowest BCUT2D eigenvalue weighted by Gasteiger charge is -2.33. The Morgan fingerprint density at radius 1 is 0.955 bits per heavy atom. The highest BCUT2D eigenvalue weighted by Crippen LogP contribution is 2.54. The van der Waals surface area contributed by atoms with Crippen LogP contribution in [0.1, 0.15) is 19.8 Å². The molecule has 11 heteroatoms. The van der Waals surface area contributed by atoms with Crippen LogP contribution in [-0.4, -0.2) is 36.5 Å². The average Bonchev–Trinajstić information content (AvgIpc) is 2.32. The average molecular weight is 346 g/mol. The molecule has 130 valence electrons. The van der Waals surface area contributed by atoms with Crippen LogP contribution in [0.15, 0.2) is 12.2 Å². The Morgan fingerprint density at radius 2 is 1.41 bits per heavy atom. The van der Waals surface area contributed by atoms with E-state index in [-0.39, 0.29) is 5.57 Å². The minimum absolute atomic E-state index is 0.138. The molecule has 0 atom stereocenters. The zero-order valence-corrected chi connectivity index (χ0v) is 11.0. The zero-order valence-electron chi connectivity index (χ0n) is 11.0. The molecular formula is C11H11F9O2. The number of ether oxygens (including phenoxy) is 1. The van der Waals surface area contributed by atoms with Gasteiger partial charge in [-0.05, 0) is 13.3 Å². The van der Waals surface area contributed by atoms with Gasteiger partial charge in [0.05, 0.1) is 6.61 Å². The van der Waals surface area contributed by atoms with Crippen molar-refractivity contribution in [1.29, 1.82) is 0 Å². The van der Waals surface area contributed by atoms with Crippen LogP contribution in [0.4, 0.5) is 39.5 Å². The van der Waals surface area contributed by atoms with Crippen LogP contribution in [0.3, 0.4) is 0 Å². The summed E-state index contributed by atoms with van der Waals surface area (Å²) in [6.07, 6.45) is -9.92.